The number of carbonyl (C=O) groups is 1. The van der Waals surface area contributed by atoms with E-state index in [9.17, 15) is 13.2 Å². The fraction of sp³-hybridized carbons (Fsp3) is 0.357. The molecule has 0 atom stereocenters. The number of carboxylic acid groups (broad SMARTS) is 1. The number of rotatable bonds is 8. The normalized spacial score (nSPS) is 11.1. The van der Waals surface area contributed by atoms with Crippen molar-refractivity contribution in [1.82, 2.24) is 0 Å². The second kappa shape index (κ2) is 7.09. The van der Waals surface area contributed by atoms with E-state index in [0.29, 0.717) is 12.4 Å². The minimum Gasteiger partial charge on any atom is -0.494 e. The number of hydrogen-bond acceptors (Lipinski definition) is 4. The molecule has 0 aliphatic carbocycles. The van der Waals surface area contributed by atoms with Crippen molar-refractivity contribution in [3.63, 3.8) is 0 Å². The predicted octanol–water partition coefficient (Wildman–Crippen LogP) is 2.28. The summed E-state index contributed by atoms with van der Waals surface area (Å²) in [7, 11) is -3.68. The summed E-state index contributed by atoms with van der Waals surface area (Å²) >= 11 is 0. The van der Waals surface area contributed by atoms with Crippen molar-refractivity contribution in [2.75, 3.05) is 12.4 Å². The first-order chi connectivity index (χ1) is 9.36. The molecule has 0 saturated heterocycles. The molecule has 0 bridgehead atoms. The highest BCUT2D eigenvalue weighted by molar-refractivity contribution is 7.91. The van der Waals surface area contributed by atoms with Gasteiger partial charge in [-0.25, -0.2) is 13.2 Å². The highest BCUT2D eigenvalue weighted by atomic mass is 32.2. The van der Waals surface area contributed by atoms with Crippen LogP contribution in [0.15, 0.2) is 41.3 Å². The standard InChI is InChI=1S/C14H18O5S/c1-3-4-9-19-12-5-7-13(8-6-12)20(17,18)10-11(2)14(15)16/h5-8H,2-4,9-10H2,1H3,(H,15,16). The Balaban J connectivity index is 2.76. The number of hydrogen-bond donors (Lipinski definition) is 1. The molecule has 20 heavy (non-hydrogen) atoms. The van der Waals surface area contributed by atoms with Crippen LogP contribution >= 0.6 is 0 Å². The quantitative estimate of drug-likeness (QED) is 0.588. The first kappa shape index (κ1) is 16.2. The molecule has 0 spiro atoms. The molecule has 6 heteroatoms. The van der Waals surface area contributed by atoms with Gasteiger partial charge < -0.3 is 9.84 Å². The van der Waals surface area contributed by atoms with Crippen LogP contribution in [0.25, 0.3) is 0 Å². The molecule has 1 aromatic carbocycles. The van der Waals surface area contributed by atoms with Crippen LogP contribution in [0.5, 0.6) is 5.75 Å². The zero-order valence-electron chi connectivity index (χ0n) is 11.3. The number of unbranched alkanes of at least 4 members (excludes halogenated alkanes) is 1. The molecular weight excluding hydrogens is 280 g/mol. The number of sulfone groups is 1. The third kappa shape index (κ3) is 4.70. The van der Waals surface area contributed by atoms with E-state index in [1.54, 1.807) is 12.1 Å². The lowest BCUT2D eigenvalue weighted by Gasteiger charge is -2.07. The smallest absolute Gasteiger partial charge is 0.332 e. The van der Waals surface area contributed by atoms with E-state index in [0.717, 1.165) is 12.8 Å². The first-order valence-electron chi connectivity index (χ1n) is 6.23. The number of benzene rings is 1. The Morgan fingerprint density at radius 1 is 1.30 bits per heavy atom. The molecule has 110 valence electrons. The Labute approximate surface area is 118 Å². The Hall–Kier alpha value is -1.82. The largest absolute Gasteiger partial charge is 0.494 e. The van der Waals surface area contributed by atoms with Gasteiger partial charge in [-0.15, -0.1) is 0 Å². The number of aliphatic carboxylic acids is 1. The monoisotopic (exact) mass is 298 g/mol. The van der Waals surface area contributed by atoms with Gasteiger partial charge in [-0.1, -0.05) is 19.9 Å². The molecule has 1 rings (SSSR count). The molecule has 0 heterocycles. The Kier molecular flexibility index (Phi) is 5.76. The van der Waals surface area contributed by atoms with Crippen molar-refractivity contribution < 1.29 is 23.1 Å². The molecule has 1 N–H and O–H groups in total. The minimum atomic E-state index is -3.68. The molecule has 0 saturated carbocycles. The third-order valence-corrected chi connectivity index (χ3v) is 4.34. The van der Waals surface area contributed by atoms with E-state index in [2.05, 4.69) is 6.58 Å². The summed E-state index contributed by atoms with van der Waals surface area (Å²) in [4.78, 5) is 10.7. The fourth-order valence-electron chi connectivity index (χ4n) is 1.45. The average Bonchev–Trinajstić information content (AvgIpc) is 2.39. The molecule has 0 aliphatic rings. The lowest BCUT2D eigenvalue weighted by atomic mass is 10.3. The van der Waals surface area contributed by atoms with Crippen LogP contribution in [0.1, 0.15) is 19.8 Å². The van der Waals surface area contributed by atoms with Gasteiger partial charge in [-0.05, 0) is 30.7 Å². The highest BCUT2D eigenvalue weighted by Crippen LogP contribution is 2.18. The highest BCUT2D eigenvalue weighted by Gasteiger charge is 2.19. The van der Waals surface area contributed by atoms with Crippen molar-refractivity contribution in [1.29, 1.82) is 0 Å². The van der Waals surface area contributed by atoms with Crippen LogP contribution in [-0.2, 0) is 14.6 Å². The SMILES string of the molecule is C=C(CS(=O)(=O)c1ccc(OCCCC)cc1)C(=O)O. The summed E-state index contributed by atoms with van der Waals surface area (Å²) in [6, 6.07) is 5.94. The molecule has 5 nitrogen and oxygen atoms in total. The Bertz CT molecular complexity index is 572. The van der Waals surface area contributed by atoms with Gasteiger partial charge in [-0.2, -0.15) is 0 Å². The van der Waals surface area contributed by atoms with E-state index < -0.39 is 21.6 Å². The van der Waals surface area contributed by atoms with Crippen LogP contribution in [0.3, 0.4) is 0 Å². The topological polar surface area (TPSA) is 80.7 Å². The molecule has 0 aromatic heterocycles. The maximum absolute atomic E-state index is 12.0. The Morgan fingerprint density at radius 2 is 1.90 bits per heavy atom. The summed E-state index contributed by atoms with van der Waals surface area (Å²) in [6.45, 7) is 5.86. The van der Waals surface area contributed by atoms with E-state index in [-0.39, 0.29) is 10.5 Å². The van der Waals surface area contributed by atoms with Crippen LogP contribution < -0.4 is 4.74 Å². The number of ether oxygens (including phenoxy) is 1. The van der Waals surface area contributed by atoms with Gasteiger partial charge >= 0.3 is 5.97 Å². The molecule has 0 aliphatic heterocycles. The lowest BCUT2D eigenvalue weighted by molar-refractivity contribution is -0.132. The van der Waals surface area contributed by atoms with Gasteiger partial charge in [0.2, 0.25) is 0 Å². The van der Waals surface area contributed by atoms with E-state index >= 15 is 0 Å². The molecule has 0 unspecified atom stereocenters. The van der Waals surface area contributed by atoms with Gasteiger partial charge in [0.25, 0.3) is 0 Å². The maximum Gasteiger partial charge on any atom is 0.332 e. The van der Waals surface area contributed by atoms with Crippen molar-refractivity contribution >= 4 is 15.8 Å². The molecule has 0 radical (unpaired) electrons. The van der Waals surface area contributed by atoms with Crippen molar-refractivity contribution in [2.45, 2.75) is 24.7 Å². The fourth-order valence-corrected chi connectivity index (χ4v) is 2.75. The third-order valence-electron chi connectivity index (χ3n) is 2.62. The van der Waals surface area contributed by atoms with Gasteiger partial charge in [-0.3, -0.25) is 0 Å². The maximum atomic E-state index is 12.0. The summed E-state index contributed by atoms with van der Waals surface area (Å²) in [5.74, 6) is -1.32. The summed E-state index contributed by atoms with van der Waals surface area (Å²) in [6.07, 6.45) is 1.95. The zero-order valence-corrected chi connectivity index (χ0v) is 12.1. The predicted molar refractivity (Wildman–Crippen MR) is 75.7 cm³/mol. The molecule has 0 fully saturated rings. The van der Waals surface area contributed by atoms with Crippen molar-refractivity contribution in [3.8, 4) is 5.75 Å². The van der Waals surface area contributed by atoms with E-state index in [1.807, 2.05) is 6.92 Å². The van der Waals surface area contributed by atoms with Gasteiger partial charge in [0.15, 0.2) is 9.84 Å². The first-order valence-corrected chi connectivity index (χ1v) is 7.88. The van der Waals surface area contributed by atoms with Crippen LogP contribution in [0.2, 0.25) is 0 Å². The van der Waals surface area contributed by atoms with Crippen molar-refractivity contribution in [2.24, 2.45) is 0 Å². The molecule has 1 aromatic rings. The van der Waals surface area contributed by atoms with E-state index in [1.165, 1.54) is 12.1 Å². The molecule has 0 amide bonds. The van der Waals surface area contributed by atoms with Gasteiger partial charge in [0.05, 0.1) is 17.3 Å². The van der Waals surface area contributed by atoms with E-state index in [4.69, 9.17) is 9.84 Å². The minimum absolute atomic E-state index is 0.0581. The van der Waals surface area contributed by atoms with Crippen molar-refractivity contribution in [3.05, 3.63) is 36.4 Å². The van der Waals surface area contributed by atoms with Crippen LogP contribution in [-0.4, -0.2) is 31.9 Å². The lowest BCUT2D eigenvalue weighted by Crippen LogP contribution is -2.13. The summed E-state index contributed by atoms with van der Waals surface area (Å²) < 4.78 is 29.3. The second-order valence-corrected chi connectivity index (χ2v) is 6.33. The summed E-state index contributed by atoms with van der Waals surface area (Å²) in [5.41, 5.74) is -0.353. The summed E-state index contributed by atoms with van der Waals surface area (Å²) in [5, 5.41) is 8.67. The van der Waals surface area contributed by atoms with Gasteiger partial charge in [0.1, 0.15) is 5.75 Å². The molecular formula is C14H18O5S. The van der Waals surface area contributed by atoms with Crippen LogP contribution in [0, 0.1) is 0 Å². The average molecular weight is 298 g/mol. The van der Waals surface area contributed by atoms with Crippen LogP contribution in [0.4, 0.5) is 0 Å². The van der Waals surface area contributed by atoms with Gasteiger partial charge in [0, 0.05) is 5.57 Å². The second-order valence-electron chi connectivity index (χ2n) is 4.34. The Morgan fingerprint density at radius 3 is 2.40 bits per heavy atom. The number of carboxylic acids is 1. The zero-order chi connectivity index (χ0) is 15.2.